The summed E-state index contributed by atoms with van der Waals surface area (Å²) in [4.78, 5) is 4.37. The molecule has 17 heavy (non-hydrogen) atoms. The summed E-state index contributed by atoms with van der Waals surface area (Å²) >= 11 is 0. The molecule has 4 heteroatoms. The average molecular weight is 231 g/mol. The van der Waals surface area contributed by atoms with Crippen LogP contribution in [0.25, 0.3) is 11.3 Å². The molecule has 0 spiro atoms. The second kappa shape index (κ2) is 5.01. The minimum absolute atomic E-state index is 0.485. The van der Waals surface area contributed by atoms with Crippen LogP contribution in [0.4, 0.5) is 0 Å². The van der Waals surface area contributed by atoms with Gasteiger partial charge in [-0.05, 0) is 31.2 Å². The fourth-order valence-electron chi connectivity index (χ4n) is 1.81. The lowest BCUT2D eigenvalue weighted by molar-refractivity contribution is 0.340. The van der Waals surface area contributed by atoms with Crippen LogP contribution < -0.4 is 10.5 Å². The first kappa shape index (κ1) is 11.7. The van der Waals surface area contributed by atoms with E-state index in [9.17, 15) is 0 Å². The van der Waals surface area contributed by atoms with E-state index in [1.807, 2.05) is 42.8 Å². The Labute approximate surface area is 101 Å². The number of hydrogen-bond donors (Lipinski definition) is 1. The van der Waals surface area contributed by atoms with Crippen LogP contribution in [-0.4, -0.2) is 16.2 Å². The van der Waals surface area contributed by atoms with E-state index in [1.54, 1.807) is 6.33 Å². The zero-order valence-corrected chi connectivity index (χ0v) is 10.2. The standard InChI is InChI=1S/C13H17N3O/c1-3-17-11-6-4-10(5-7-11)13-12(8-14)16(2)9-15-13/h4-7,9H,3,8,14H2,1-2H3. The molecule has 0 aliphatic heterocycles. The van der Waals surface area contributed by atoms with Crippen molar-refractivity contribution in [1.82, 2.24) is 9.55 Å². The minimum Gasteiger partial charge on any atom is -0.494 e. The van der Waals surface area contributed by atoms with Crippen molar-refractivity contribution >= 4 is 0 Å². The second-order valence-electron chi connectivity index (χ2n) is 3.81. The molecule has 0 aliphatic carbocycles. The Morgan fingerprint density at radius 2 is 2.00 bits per heavy atom. The molecule has 0 saturated carbocycles. The van der Waals surface area contributed by atoms with Crippen molar-refractivity contribution in [1.29, 1.82) is 0 Å². The van der Waals surface area contributed by atoms with Crippen molar-refractivity contribution < 1.29 is 4.74 Å². The molecule has 0 bridgehead atoms. The normalized spacial score (nSPS) is 10.5. The summed E-state index contributed by atoms with van der Waals surface area (Å²) in [5, 5.41) is 0. The molecule has 2 rings (SSSR count). The molecule has 90 valence electrons. The van der Waals surface area contributed by atoms with Gasteiger partial charge >= 0.3 is 0 Å². The third-order valence-corrected chi connectivity index (χ3v) is 2.69. The van der Waals surface area contributed by atoms with Gasteiger partial charge in [-0.1, -0.05) is 0 Å². The average Bonchev–Trinajstić information content (AvgIpc) is 2.72. The topological polar surface area (TPSA) is 53.1 Å². The molecule has 0 unspecified atom stereocenters. The highest BCUT2D eigenvalue weighted by Crippen LogP contribution is 2.23. The molecule has 4 nitrogen and oxygen atoms in total. The monoisotopic (exact) mass is 231 g/mol. The van der Waals surface area contributed by atoms with E-state index in [0.29, 0.717) is 13.2 Å². The smallest absolute Gasteiger partial charge is 0.119 e. The van der Waals surface area contributed by atoms with E-state index in [4.69, 9.17) is 10.5 Å². The van der Waals surface area contributed by atoms with E-state index in [-0.39, 0.29) is 0 Å². The molecule has 0 aliphatic rings. The number of hydrogen-bond acceptors (Lipinski definition) is 3. The van der Waals surface area contributed by atoms with Crippen molar-refractivity contribution in [3.63, 3.8) is 0 Å². The van der Waals surface area contributed by atoms with Crippen molar-refractivity contribution in [2.75, 3.05) is 6.61 Å². The van der Waals surface area contributed by atoms with E-state index in [1.165, 1.54) is 0 Å². The van der Waals surface area contributed by atoms with Gasteiger partial charge in [-0.15, -0.1) is 0 Å². The van der Waals surface area contributed by atoms with Crippen LogP contribution in [0.3, 0.4) is 0 Å². The maximum Gasteiger partial charge on any atom is 0.119 e. The van der Waals surface area contributed by atoms with Gasteiger partial charge in [0.15, 0.2) is 0 Å². The minimum atomic E-state index is 0.485. The molecule has 1 aromatic heterocycles. The molecule has 0 amide bonds. The van der Waals surface area contributed by atoms with E-state index < -0.39 is 0 Å². The predicted octanol–water partition coefficient (Wildman–Crippen LogP) is 1.94. The summed E-state index contributed by atoms with van der Waals surface area (Å²) in [6.45, 7) is 3.13. The quantitative estimate of drug-likeness (QED) is 0.875. The molecule has 2 N–H and O–H groups in total. The van der Waals surface area contributed by atoms with Gasteiger partial charge < -0.3 is 15.0 Å². The Morgan fingerprint density at radius 3 is 2.59 bits per heavy atom. The molecule has 1 heterocycles. The van der Waals surface area contributed by atoms with Crippen LogP contribution >= 0.6 is 0 Å². The van der Waals surface area contributed by atoms with Crippen molar-refractivity contribution in [3.05, 3.63) is 36.3 Å². The van der Waals surface area contributed by atoms with Crippen LogP contribution in [-0.2, 0) is 13.6 Å². The van der Waals surface area contributed by atoms with E-state index in [2.05, 4.69) is 4.98 Å². The maximum atomic E-state index is 5.73. The lowest BCUT2D eigenvalue weighted by Crippen LogP contribution is -2.04. The Hall–Kier alpha value is -1.81. The molecule has 0 atom stereocenters. The lowest BCUT2D eigenvalue weighted by atomic mass is 10.1. The van der Waals surface area contributed by atoms with Crippen molar-refractivity contribution in [2.24, 2.45) is 12.8 Å². The van der Waals surface area contributed by atoms with Crippen molar-refractivity contribution in [3.8, 4) is 17.0 Å². The molecule has 1 aromatic carbocycles. The van der Waals surface area contributed by atoms with Crippen LogP contribution in [0, 0.1) is 0 Å². The molecule has 0 radical (unpaired) electrons. The highest BCUT2D eigenvalue weighted by Gasteiger charge is 2.09. The van der Waals surface area contributed by atoms with Crippen molar-refractivity contribution in [2.45, 2.75) is 13.5 Å². The highest BCUT2D eigenvalue weighted by molar-refractivity contribution is 5.62. The number of ether oxygens (including phenoxy) is 1. The number of imidazole rings is 1. The fraction of sp³-hybridized carbons (Fsp3) is 0.308. The summed E-state index contributed by atoms with van der Waals surface area (Å²) in [5.74, 6) is 0.876. The van der Waals surface area contributed by atoms with E-state index in [0.717, 1.165) is 22.7 Å². The summed E-state index contributed by atoms with van der Waals surface area (Å²) in [7, 11) is 1.95. The summed E-state index contributed by atoms with van der Waals surface area (Å²) < 4.78 is 7.36. The first-order valence-corrected chi connectivity index (χ1v) is 5.69. The highest BCUT2D eigenvalue weighted by atomic mass is 16.5. The molecular formula is C13H17N3O. The van der Waals surface area contributed by atoms with E-state index >= 15 is 0 Å². The lowest BCUT2D eigenvalue weighted by Gasteiger charge is -2.05. The van der Waals surface area contributed by atoms with Gasteiger partial charge in [0.2, 0.25) is 0 Å². The SMILES string of the molecule is CCOc1ccc(-c2ncn(C)c2CN)cc1. The zero-order chi connectivity index (χ0) is 12.3. The summed E-state index contributed by atoms with van der Waals surface area (Å²) in [6, 6.07) is 7.92. The number of benzene rings is 1. The third kappa shape index (κ3) is 2.31. The Kier molecular flexibility index (Phi) is 3.44. The Balaban J connectivity index is 2.33. The number of rotatable bonds is 4. The number of aromatic nitrogens is 2. The van der Waals surface area contributed by atoms with Gasteiger partial charge in [-0.3, -0.25) is 0 Å². The van der Waals surface area contributed by atoms with Gasteiger partial charge in [0.25, 0.3) is 0 Å². The van der Waals surface area contributed by atoms with Crippen LogP contribution in [0.2, 0.25) is 0 Å². The molecule has 2 aromatic rings. The first-order chi connectivity index (χ1) is 8.26. The molecule has 0 saturated heterocycles. The van der Waals surface area contributed by atoms with Crippen LogP contribution in [0.1, 0.15) is 12.6 Å². The van der Waals surface area contributed by atoms with Gasteiger partial charge in [0, 0.05) is 19.2 Å². The van der Waals surface area contributed by atoms with Gasteiger partial charge in [0.05, 0.1) is 24.3 Å². The second-order valence-corrected chi connectivity index (χ2v) is 3.81. The maximum absolute atomic E-state index is 5.73. The number of aryl methyl sites for hydroxylation is 1. The van der Waals surface area contributed by atoms with Gasteiger partial charge in [-0.25, -0.2) is 4.98 Å². The molecule has 0 fully saturated rings. The first-order valence-electron chi connectivity index (χ1n) is 5.69. The third-order valence-electron chi connectivity index (χ3n) is 2.69. The zero-order valence-electron chi connectivity index (χ0n) is 10.2. The molecular weight excluding hydrogens is 214 g/mol. The number of nitrogens with zero attached hydrogens (tertiary/aromatic N) is 2. The van der Waals surface area contributed by atoms with Gasteiger partial charge in [-0.2, -0.15) is 0 Å². The van der Waals surface area contributed by atoms with Crippen LogP contribution in [0.5, 0.6) is 5.75 Å². The predicted molar refractivity (Wildman–Crippen MR) is 67.7 cm³/mol. The Morgan fingerprint density at radius 1 is 1.29 bits per heavy atom. The fourth-order valence-corrected chi connectivity index (χ4v) is 1.81. The van der Waals surface area contributed by atoms with Gasteiger partial charge in [0.1, 0.15) is 5.75 Å². The largest absolute Gasteiger partial charge is 0.494 e. The summed E-state index contributed by atoms with van der Waals surface area (Å²) in [5.41, 5.74) is 8.77. The summed E-state index contributed by atoms with van der Waals surface area (Å²) in [6.07, 6.45) is 1.79. The Bertz CT molecular complexity index is 488. The van der Waals surface area contributed by atoms with Crippen LogP contribution in [0.15, 0.2) is 30.6 Å². The number of nitrogens with two attached hydrogens (primary N) is 1.